The van der Waals surface area contributed by atoms with Crippen LogP contribution in [0.25, 0.3) is 10.9 Å². The van der Waals surface area contributed by atoms with Crippen LogP contribution in [0.15, 0.2) is 27.6 Å². The molecule has 1 aromatic heterocycles. The highest BCUT2D eigenvalue weighted by atomic mass is 79.9. The van der Waals surface area contributed by atoms with Crippen LogP contribution in [0.5, 0.6) is 0 Å². The van der Waals surface area contributed by atoms with Gasteiger partial charge in [0.2, 0.25) is 5.43 Å². The van der Waals surface area contributed by atoms with Crippen LogP contribution >= 0.6 is 15.9 Å². The molecule has 8 heteroatoms. The van der Waals surface area contributed by atoms with E-state index < -0.39 is 0 Å². The van der Waals surface area contributed by atoms with Gasteiger partial charge < -0.3 is 19.1 Å². The lowest BCUT2D eigenvalue weighted by atomic mass is 10.1. The van der Waals surface area contributed by atoms with Gasteiger partial charge >= 0.3 is 6.09 Å². The molecular formula is C20H22BrN3O4. The number of rotatable bonds is 2. The average molecular weight is 448 g/mol. The van der Waals surface area contributed by atoms with Gasteiger partial charge in [0.1, 0.15) is 5.56 Å². The number of ether oxygens (including phenoxy) is 1. The minimum absolute atomic E-state index is 0.190. The smallest absolute Gasteiger partial charge is 0.409 e. The number of pyridine rings is 1. The highest BCUT2D eigenvalue weighted by molar-refractivity contribution is 9.10. The van der Waals surface area contributed by atoms with E-state index in [0.717, 1.165) is 22.0 Å². The minimum atomic E-state index is -0.361. The average Bonchev–Trinajstić information content (AvgIpc) is 2.99. The van der Waals surface area contributed by atoms with Crippen LogP contribution < -0.4 is 5.43 Å². The molecule has 1 aromatic carbocycles. The third-order valence-corrected chi connectivity index (χ3v) is 5.94. The topological polar surface area (TPSA) is 71.8 Å². The summed E-state index contributed by atoms with van der Waals surface area (Å²) in [5.74, 6) is -0.278. The van der Waals surface area contributed by atoms with Crippen LogP contribution in [0, 0.1) is 0 Å². The van der Waals surface area contributed by atoms with E-state index in [9.17, 15) is 14.4 Å². The Balaban J connectivity index is 1.64. The molecule has 2 aliphatic heterocycles. The molecule has 148 valence electrons. The first-order valence-corrected chi connectivity index (χ1v) is 10.3. The van der Waals surface area contributed by atoms with Crippen molar-refractivity contribution < 1.29 is 14.3 Å². The molecule has 3 heterocycles. The standard InChI is InChI=1S/C20H22BrN3O4/c1-3-28-20(27)23-6-4-22(5-7-23)19(26)16-11-24-12(2)8-13-9-14(21)10-15(17(13)24)18(16)25/h9-12H,3-8H2,1-2H3/t12-/m1/s1. The van der Waals surface area contributed by atoms with Crippen LogP contribution in [-0.4, -0.2) is 59.2 Å². The van der Waals surface area contributed by atoms with Crippen molar-refractivity contribution in [2.45, 2.75) is 26.3 Å². The lowest BCUT2D eigenvalue weighted by molar-refractivity contribution is 0.0569. The van der Waals surface area contributed by atoms with E-state index >= 15 is 0 Å². The van der Waals surface area contributed by atoms with E-state index in [-0.39, 0.29) is 29.0 Å². The molecule has 2 amide bonds. The number of nitrogens with zero attached hydrogens (tertiary/aromatic N) is 3. The maximum absolute atomic E-state index is 13.1. The minimum Gasteiger partial charge on any atom is -0.450 e. The fraction of sp³-hybridized carbons (Fsp3) is 0.450. The third-order valence-electron chi connectivity index (χ3n) is 5.48. The van der Waals surface area contributed by atoms with Crippen molar-refractivity contribution in [3.05, 3.63) is 44.2 Å². The van der Waals surface area contributed by atoms with Crippen molar-refractivity contribution in [1.29, 1.82) is 0 Å². The zero-order valence-electron chi connectivity index (χ0n) is 15.9. The van der Waals surface area contributed by atoms with E-state index in [1.54, 1.807) is 29.0 Å². The van der Waals surface area contributed by atoms with E-state index in [0.29, 0.717) is 38.2 Å². The molecule has 4 rings (SSSR count). The predicted octanol–water partition coefficient (Wildman–Crippen LogP) is 2.80. The fourth-order valence-electron chi connectivity index (χ4n) is 4.09. The Labute approximate surface area is 171 Å². The van der Waals surface area contributed by atoms with Gasteiger partial charge in [-0.25, -0.2) is 4.79 Å². The lowest BCUT2D eigenvalue weighted by Crippen LogP contribution is -2.51. The van der Waals surface area contributed by atoms with Gasteiger partial charge in [0.05, 0.1) is 12.1 Å². The van der Waals surface area contributed by atoms with Gasteiger partial charge in [-0.1, -0.05) is 15.9 Å². The van der Waals surface area contributed by atoms with Gasteiger partial charge in [0, 0.05) is 48.3 Å². The number of piperazine rings is 1. The van der Waals surface area contributed by atoms with Crippen LogP contribution in [0.4, 0.5) is 4.79 Å². The van der Waals surface area contributed by atoms with E-state index in [1.165, 1.54) is 0 Å². The molecule has 1 fully saturated rings. The predicted molar refractivity (Wildman–Crippen MR) is 109 cm³/mol. The number of aromatic nitrogens is 1. The Kier molecular flexibility index (Phi) is 4.91. The van der Waals surface area contributed by atoms with Gasteiger partial charge in [-0.2, -0.15) is 0 Å². The van der Waals surface area contributed by atoms with Crippen LogP contribution in [0.2, 0.25) is 0 Å². The molecular weight excluding hydrogens is 426 g/mol. The first-order chi connectivity index (χ1) is 13.4. The molecule has 0 unspecified atom stereocenters. The number of hydrogen-bond donors (Lipinski definition) is 0. The molecule has 0 aliphatic carbocycles. The molecule has 7 nitrogen and oxygen atoms in total. The molecule has 28 heavy (non-hydrogen) atoms. The summed E-state index contributed by atoms with van der Waals surface area (Å²) in [6.07, 6.45) is 2.19. The van der Waals surface area contributed by atoms with Crippen molar-refractivity contribution in [2.75, 3.05) is 32.8 Å². The first kappa shape index (κ1) is 19.0. The maximum atomic E-state index is 13.1. The van der Waals surface area contributed by atoms with E-state index in [2.05, 4.69) is 22.9 Å². The Bertz CT molecular complexity index is 1020. The molecule has 0 saturated carbocycles. The van der Waals surface area contributed by atoms with Crippen LogP contribution in [0.3, 0.4) is 0 Å². The third kappa shape index (κ3) is 3.09. The molecule has 1 atom stereocenters. The zero-order valence-corrected chi connectivity index (χ0v) is 17.5. The summed E-state index contributed by atoms with van der Waals surface area (Å²) in [4.78, 5) is 41.3. The zero-order chi connectivity index (χ0) is 20.0. The van der Waals surface area contributed by atoms with Gasteiger partial charge in [-0.3, -0.25) is 9.59 Å². The SMILES string of the molecule is CCOC(=O)N1CCN(C(=O)c2cn3c4c(cc(Br)cc4c2=O)C[C@H]3C)CC1. The summed E-state index contributed by atoms with van der Waals surface area (Å²) in [6.45, 7) is 5.74. The number of halogens is 1. The second kappa shape index (κ2) is 7.24. The largest absolute Gasteiger partial charge is 0.450 e. The molecule has 0 N–H and O–H groups in total. The monoisotopic (exact) mass is 447 g/mol. The normalized spacial score (nSPS) is 18.6. The molecule has 2 aliphatic rings. The Hall–Kier alpha value is -2.35. The molecule has 0 bridgehead atoms. The van der Waals surface area contributed by atoms with Crippen molar-refractivity contribution >= 4 is 38.8 Å². The quantitative estimate of drug-likeness (QED) is 0.709. The van der Waals surface area contributed by atoms with Gasteiger partial charge in [-0.05, 0) is 38.0 Å². The van der Waals surface area contributed by atoms with Gasteiger partial charge in [0.25, 0.3) is 5.91 Å². The Morgan fingerprint density at radius 1 is 1.18 bits per heavy atom. The van der Waals surface area contributed by atoms with Crippen LogP contribution in [-0.2, 0) is 11.2 Å². The highest BCUT2D eigenvalue weighted by Gasteiger charge is 2.30. The summed E-state index contributed by atoms with van der Waals surface area (Å²) in [5.41, 5.74) is 2.00. The van der Waals surface area contributed by atoms with Crippen molar-refractivity contribution in [3.8, 4) is 0 Å². The summed E-state index contributed by atoms with van der Waals surface area (Å²) in [5, 5.41) is 0.574. The summed E-state index contributed by atoms with van der Waals surface area (Å²) in [7, 11) is 0. The molecule has 0 spiro atoms. The maximum Gasteiger partial charge on any atom is 0.409 e. The lowest BCUT2D eigenvalue weighted by Gasteiger charge is -2.34. The molecule has 0 radical (unpaired) electrons. The number of hydrogen-bond acceptors (Lipinski definition) is 4. The van der Waals surface area contributed by atoms with Crippen molar-refractivity contribution in [2.24, 2.45) is 0 Å². The van der Waals surface area contributed by atoms with E-state index in [4.69, 9.17) is 4.74 Å². The highest BCUT2D eigenvalue weighted by Crippen LogP contribution is 2.33. The fourth-order valence-corrected chi connectivity index (χ4v) is 4.60. The summed E-state index contributed by atoms with van der Waals surface area (Å²) in [6, 6.07) is 4.03. The Morgan fingerprint density at radius 3 is 2.54 bits per heavy atom. The van der Waals surface area contributed by atoms with Crippen molar-refractivity contribution in [1.82, 2.24) is 14.4 Å². The van der Waals surface area contributed by atoms with Crippen molar-refractivity contribution in [3.63, 3.8) is 0 Å². The second-order valence-corrected chi connectivity index (χ2v) is 8.19. The van der Waals surface area contributed by atoms with Gasteiger partial charge in [0.15, 0.2) is 0 Å². The molecule has 2 aromatic rings. The first-order valence-electron chi connectivity index (χ1n) is 9.49. The summed E-state index contributed by atoms with van der Waals surface area (Å²) >= 11 is 3.48. The second-order valence-electron chi connectivity index (χ2n) is 7.27. The Morgan fingerprint density at radius 2 is 1.86 bits per heavy atom. The number of carbonyl (C=O) groups excluding carboxylic acids is 2. The van der Waals surface area contributed by atoms with Gasteiger partial charge in [-0.15, -0.1) is 0 Å². The number of amides is 2. The van der Waals surface area contributed by atoms with Crippen LogP contribution in [0.1, 0.15) is 35.8 Å². The number of carbonyl (C=O) groups is 2. The number of benzene rings is 1. The summed E-state index contributed by atoms with van der Waals surface area (Å²) < 4.78 is 7.90. The molecule has 1 saturated heterocycles. The van der Waals surface area contributed by atoms with E-state index in [1.807, 2.05) is 10.6 Å².